The third-order valence-corrected chi connectivity index (χ3v) is 7.12. The lowest BCUT2D eigenvalue weighted by Crippen LogP contribution is -2.17. The third kappa shape index (κ3) is 5.03. The summed E-state index contributed by atoms with van der Waals surface area (Å²) in [6, 6.07) is 16.0. The molecule has 3 rings (SSSR count). The second kappa shape index (κ2) is 9.32. The Hall–Kier alpha value is -1.43. The predicted octanol–water partition coefficient (Wildman–Crippen LogP) is 4.92. The molecule has 0 unspecified atom stereocenters. The van der Waals surface area contributed by atoms with Crippen molar-refractivity contribution in [3.8, 4) is 0 Å². The smallest absolute Gasteiger partial charge is 0.255 e. The molecule has 0 spiro atoms. The van der Waals surface area contributed by atoms with Gasteiger partial charge in [-0.15, -0.1) is 23.5 Å². The maximum atomic E-state index is 12.6. The minimum atomic E-state index is -0.0561. The van der Waals surface area contributed by atoms with Crippen molar-refractivity contribution >= 4 is 35.1 Å². The van der Waals surface area contributed by atoms with E-state index in [0.29, 0.717) is 10.1 Å². The SMILES string of the molecule is CCNCc1ccccc1NC(=O)c1ccc(C2SCCCS2)cc1. The lowest BCUT2D eigenvalue weighted by molar-refractivity contribution is 0.102. The minimum Gasteiger partial charge on any atom is -0.322 e. The monoisotopic (exact) mass is 372 g/mol. The van der Waals surface area contributed by atoms with Crippen molar-refractivity contribution in [2.45, 2.75) is 24.5 Å². The van der Waals surface area contributed by atoms with Crippen LogP contribution in [0.4, 0.5) is 5.69 Å². The van der Waals surface area contributed by atoms with Crippen molar-refractivity contribution in [1.82, 2.24) is 5.32 Å². The molecule has 0 bridgehead atoms. The van der Waals surface area contributed by atoms with Crippen LogP contribution in [-0.4, -0.2) is 24.0 Å². The van der Waals surface area contributed by atoms with Crippen LogP contribution in [0, 0.1) is 0 Å². The van der Waals surface area contributed by atoms with E-state index in [9.17, 15) is 4.79 Å². The Morgan fingerprint density at radius 3 is 2.52 bits per heavy atom. The Bertz CT molecular complexity index is 697. The molecule has 0 aromatic heterocycles. The van der Waals surface area contributed by atoms with Gasteiger partial charge in [0.05, 0.1) is 4.58 Å². The molecule has 1 fully saturated rings. The van der Waals surface area contributed by atoms with E-state index in [-0.39, 0.29) is 5.91 Å². The summed E-state index contributed by atoms with van der Waals surface area (Å²) in [5.41, 5.74) is 3.98. The summed E-state index contributed by atoms with van der Waals surface area (Å²) in [5, 5.41) is 6.35. The zero-order valence-electron chi connectivity index (χ0n) is 14.5. The number of hydrogen-bond acceptors (Lipinski definition) is 4. The number of benzene rings is 2. The number of carbonyl (C=O) groups is 1. The number of rotatable bonds is 6. The Balaban J connectivity index is 1.67. The zero-order chi connectivity index (χ0) is 17.5. The summed E-state index contributed by atoms with van der Waals surface area (Å²) in [6.07, 6.45) is 1.29. The molecule has 2 N–H and O–H groups in total. The van der Waals surface area contributed by atoms with E-state index in [1.54, 1.807) is 0 Å². The van der Waals surface area contributed by atoms with Crippen LogP contribution >= 0.6 is 23.5 Å². The molecule has 5 heteroatoms. The van der Waals surface area contributed by atoms with Crippen LogP contribution in [0.25, 0.3) is 0 Å². The molecule has 1 heterocycles. The first kappa shape index (κ1) is 18.4. The van der Waals surface area contributed by atoms with Crippen molar-refractivity contribution < 1.29 is 4.79 Å². The summed E-state index contributed by atoms with van der Waals surface area (Å²) in [7, 11) is 0. The molecule has 25 heavy (non-hydrogen) atoms. The van der Waals surface area contributed by atoms with Crippen LogP contribution in [0.1, 0.15) is 39.4 Å². The van der Waals surface area contributed by atoms with Gasteiger partial charge in [-0.3, -0.25) is 4.79 Å². The van der Waals surface area contributed by atoms with Gasteiger partial charge in [0.2, 0.25) is 0 Å². The standard InChI is InChI=1S/C20H24N2OS2/c1-2-21-14-17-6-3-4-7-18(17)22-19(23)15-8-10-16(11-9-15)20-24-12-5-13-25-20/h3-4,6-11,20-21H,2,5,12-14H2,1H3,(H,22,23). The number of thioether (sulfide) groups is 2. The molecule has 2 aromatic carbocycles. The van der Waals surface area contributed by atoms with Gasteiger partial charge in [0, 0.05) is 17.8 Å². The van der Waals surface area contributed by atoms with E-state index in [0.717, 1.165) is 24.3 Å². The molecule has 1 amide bonds. The van der Waals surface area contributed by atoms with Crippen molar-refractivity contribution in [2.75, 3.05) is 23.4 Å². The summed E-state index contributed by atoms with van der Waals surface area (Å²) >= 11 is 4.00. The summed E-state index contributed by atoms with van der Waals surface area (Å²) in [5.74, 6) is 2.39. The van der Waals surface area contributed by atoms with Crippen molar-refractivity contribution in [1.29, 1.82) is 0 Å². The fourth-order valence-electron chi connectivity index (χ4n) is 2.72. The highest BCUT2D eigenvalue weighted by Crippen LogP contribution is 2.43. The molecular weight excluding hydrogens is 348 g/mol. The van der Waals surface area contributed by atoms with E-state index in [4.69, 9.17) is 0 Å². The summed E-state index contributed by atoms with van der Waals surface area (Å²) in [6.45, 7) is 3.73. The minimum absolute atomic E-state index is 0.0561. The van der Waals surface area contributed by atoms with Crippen molar-refractivity contribution in [3.63, 3.8) is 0 Å². The largest absolute Gasteiger partial charge is 0.322 e. The number of hydrogen-bond donors (Lipinski definition) is 2. The van der Waals surface area contributed by atoms with Gasteiger partial charge < -0.3 is 10.6 Å². The van der Waals surface area contributed by atoms with E-state index in [2.05, 4.69) is 29.7 Å². The second-order valence-corrected chi connectivity index (χ2v) is 8.67. The second-order valence-electron chi connectivity index (χ2n) is 5.94. The predicted molar refractivity (Wildman–Crippen MR) is 110 cm³/mol. The number of carbonyl (C=O) groups excluding carboxylic acids is 1. The number of para-hydroxylation sites is 1. The van der Waals surface area contributed by atoms with E-state index < -0.39 is 0 Å². The van der Waals surface area contributed by atoms with Gasteiger partial charge >= 0.3 is 0 Å². The maximum absolute atomic E-state index is 12.6. The molecule has 0 saturated carbocycles. The average molecular weight is 373 g/mol. The molecule has 1 saturated heterocycles. The van der Waals surface area contributed by atoms with Crippen LogP contribution in [0.2, 0.25) is 0 Å². The fourth-order valence-corrected chi connectivity index (χ4v) is 5.62. The van der Waals surface area contributed by atoms with Crippen molar-refractivity contribution in [3.05, 3.63) is 65.2 Å². The lowest BCUT2D eigenvalue weighted by Gasteiger charge is -2.21. The van der Waals surface area contributed by atoms with E-state index in [1.165, 1.54) is 23.5 Å². The number of anilines is 1. The van der Waals surface area contributed by atoms with Gasteiger partial charge in [0.15, 0.2) is 0 Å². The molecule has 1 aliphatic rings. The highest BCUT2D eigenvalue weighted by Gasteiger charge is 2.17. The average Bonchev–Trinajstić information content (AvgIpc) is 2.68. The molecule has 0 radical (unpaired) electrons. The van der Waals surface area contributed by atoms with Crippen LogP contribution in [0.3, 0.4) is 0 Å². The number of nitrogens with one attached hydrogen (secondary N) is 2. The van der Waals surface area contributed by atoms with Crippen LogP contribution in [0.15, 0.2) is 48.5 Å². The van der Waals surface area contributed by atoms with Gasteiger partial charge in [0.1, 0.15) is 0 Å². The molecule has 0 atom stereocenters. The summed E-state index contributed by atoms with van der Waals surface area (Å²) in [4.78, 5) is 12.6. The molecule has 1 aliphatic heterocycles. The fraction of sp³-hybridized carbons (Fsp3) is 0.350. The Kier molecular flexibility index (Phi) is 6.84. The van der Waals surface area contributed by atoms with Crippen LogP contribution < -0.4 is 10.6 Å². The highest BCUT2D eigenvalue weighted by atomic mass is 32.2. The molecule has 132 valence electrons. The Labute approximate surface area is 158 Å². The number of amides is 1. The van der Waals surface area contributed by atoms with Gasteiger partial charge in [0.25, 0.3) is 5.91 Å². The molecule has 0 aliphatic carbocycles. The van der Waals surface area contributed by atoms with Gasteiger partial charge in [-0.2, -0.15) is 0 Å². The first-order valence-corrected chi connectivity index (χ1v) is 10.8. The Morgan fingerprint density at radius 1 is 1.08 bits per heavy atom. The molecule has 3 nitrogen and oxygen atoms in total. The Morgan fingerprint density at radius 2 is 1.80 bits per heavy atom. The van der Waals surface area contributed by atoms with Gasteiger partial charge in [-0.25, -0.2) is 0 Å². The maximum Gasteiger partial charge on any atom is 0.255 e. The first-order valence-electron chi connectivity index (χ1n) is 8.71. The van der Waals surface area contributed by atoms with Gasteiger partial charge in [-0.05, 0) is 53.8 Å². The molecule has 2 aromatic rings. The highest BCUT2D eigenvalue weighted by molar-refractivity contribution is 8.16. The summed E-state index contributed by atoms with van der Waals surface area (Å²) < 4.78 is 0.506. The molecular formula is C20H24N2OS2. The van der Waals surface area contributed by atoms with Crippen molar-refractivity contribution in [2.24, 2.45) is 0 Å². The lowest BCUT2D eigenvalue weighted by atomic mass is 10.1. The normalized spacial score (nSPS) is 15.1. The van der Waals surface area contributed by atoms with E-state index in [1.807, 2.05) is 59.9 Å². The first-order chi connectivity index (χ1) is 12.3. The van der Waals surface area contributed by atoms with E-state index >= 15 is 0 Å². The van der Waals surface area contributed by atoms with Crippen LogP contribution in [0.5, 0.6) is 0 Å². The topological polar surface area (TPSA) is 41.1 Å². The third-order valence-electron chi connectivity index (χ3n) is 4.10. The van der Waals surface area contributed by atoms with Gasteiger partial charge in [-0.1, -0.05) is 37.3 Å². The quantitative estimate of drug-likeness (QED) is 0.755. The van der Waals surface area contributed by atoms with Crippen LogP contribution in [-0.2, 0) is 6.54 Å². The zero-order valence-corrected chi connectivity index (χ0v) is 16.1.